The van der Waals surface area contributed by atoms with E-state index in [1.54, 1.807) is 5.57 Å². The smallest absolute Gasteiger partial charge is 0.139 e. The molecule has 4 aliphatic carbocycles. The summed E-state index contributed by atoms with van der Waals surface area (Å²) < 4.78 is 0. The molecule has 0 bridgehead atoms. The lowest BCUT2D eigenvalue weighted by Gasteiger charge is -2.58. The van der Waals surface area contributed by atoms with E-state index < -0.39 is 0 Å². The Morgan fingerprint density at radius 1 is 1.08 bits per heavy atom. The minimum absolute atomic E-state index is 0.0149. The molecular formula is C23H32O. The highest BCUT2D eigenvalue weighted by Crippen LogP contribution is 2.65. The van der Waals surface area contributed by atoms with Crippen molar-refractivity contribution in [2.75, 3.05) is 0 Å². The van der Waals surface area contributed by atoms with Crippen molar-refractivity contribution in [1.29, 1.82) is 0 Å². The van der Waals surface area contributed by atoms with Crippen LogP contribution in [0.2, 0.25) is 0 Å². The molecule has 4 rings (SSSR count). The van der Waals surface area contributed by atoms with Crippen molar-refractivity contribution < 1.29 is 4.79 Å². The summed E-state index contributed by atoms with van der Waals surface area (Å²) >= 11 is 0. The van der Waals surface area contributed by atoms with Gasteiger partial charge in [0, 0.05) is 11.8 Å². The molecule has 24 heavy (non-hydrogen) atoms. The standard InChI is InChI=1S/C23H32O/c1-5-15-13-17-7-8-18-19-9-10-21(24)22(19,3)12-11-20(18)23(17,4)14-16(15)6-2/h5-7,15-16,18-20H,1-2,8-14H2,3-4H3/t15-,16-,18+,19+,20+,22+,23+/m1/s1. The monoisotopic (exact) mass is 324 g/mol. The normalized spacial score (nSPS) is 50.3. The molecule has 0 aromatic carbocycles. The van der Waals surface area contributed by atoms with E-state index in [4.69, 9.17) is 0 Å². The summed E-state index contributed by atoms with van der Waals surface area (Å²) in [5.74, 6) is 3.76. The van der Waals surface area contributed by atoms with Gasteiger partial charge in [0.2, 0.25) is 0 Å². The largest absolute Gasteiger partial charge is 0.299 e. The first-order chi connectivity index (χ1) is 11.4. The van der Waals surface area contributed by atoms with Crippen LogP contribution in [-0.2, 0) is 4.79 Å². The molecule has 4 aliphatic rings. The third kappa shape index (κ3) is 2.02. The van der Waals surface area contributed by atoms with Gasteiger partial charge in [-0.2, -0.15) is 0 Å². The number of hydrogen-bond acceptors (Lipinski definition) is 1. The van der Waals surface area contributed by atoms with Crippen molar-refractivity contribution in [2.24, 2.45) is 40.4 Å². The van der Waals surface area contributed by atoms with Crippen LogP contribution < -0.4 is 0 Å². The lowest BCUT2D eigenvalue weighted by atomic mass is 9.46. The van der Waals surface area contributed by atoms with Crippen LogP contribution in [0.1, 0.15) is 58.8 Å². The molecule has 0 aromatic heterocycles. The highest BCUT2D eigenvalue weighted by Gasteiger charge is 2.59. The number of hydrogen-bond donors (Lipinski definition) is 0. The Hall–Kier alpha value is -1.11. The van der Waals surface area contributed by atoms with Crippen LogP contribution in [-0.4, -0.2) is 5.78 Å². The number of ketones is 1. The van der Waals surface area contributed by atoms with Gasteiger partial charge >= 0.3 is 0 Å². The SMILES string of the molecule is C=C[C@@H]1CC2=CC[C@@H]3[C@H](CC[C@]4(C)C(=O)CC[C@@H]34)[C@@]2(C)C[C@H]1C=C. The first-order valence-corrected chi connectivity index (χ1v) is 9.92. The minimum atomic E-state index is -0.0149. The zero-order valence-corrected chi connectivity index (χ0v) is 15.4. The van der Waals surface area contributed by atoms with E-state index in [1.807, 2.05) is 0 Å². The fraction of sp³-hybridized carbons (Fsp3) is 0.696. The second-order valence-corrected chi connectivity index (χ2v) is 9.38. The maximum Gasteiger partial charge on any atom is 0.139 e. The summed E-state index contributed by atoms with van der Waals surface area (Å²) in [5, 5.41) is 0. The molecule has 0 aliphatic heterocycles. The van der Waals surface area contributed by atoms with Gasteiger partial charge in [0.05, 0.1) is 0 Å². The van der Waals surface area contributed by atoms with Crippen molar-refractivity contribution >= 4 is 5.78 Å². The molecular weight excluding hydrogens is 292 g/mol. The Bertz CT molecular complexity index is 614. The maximum atomic E-state index is 12.5. The van der Waals surface area contributed by atoms with Crippen LogP contribution in [0.5, 0.6) is 0 Å². The highest BCUT2D eigenvalue weighted by atomic mass is 16.1. The minimum Gasteiger partial charge on any atom is -0.299 e. The Kier molecular flexibility index (Phi) is 3.71. The quantitative estimate of drug-likeness (QED) is 0.593. The van der Waals surface area contributed by atoms with Gasteiger partial charge in [-0.05, 0) is 73.5 Å². The maximum absolute atomic E-state index is 12.5. The van der Waals surface area contributed by atoms with Gasteiger partial charge in [0.25, 0.3) is 0 Å². The lowest BCUT2D eigenvalue weighted by Crippen LogP contribution is -2.51. The number of carbonyl (C=O) groups excluding carboxylic acids is 1. The summed E-state index contributed by atoms with van der Waals surface area (Å²) in [6.45, 7) is 13.0. The van der Waals surface area contributed by atoms with Crippen LogP contribution in [0.25, 0.3) is 0 Å². The van der Waals surface area contributed by atoms with E-state index in [2.05, 4.69) is 45.2 Å². The number of allylic oxidation sites excluding steroid dienone is 4. The molecule has 7 atom stereocenters. The third-order valence-electron chi connectivity index (χ3n) is 8.61. The molecule has 0 unspecified atom stereocenters. The van der Waals surface area contributed by atoms with E-state index in [9.17, 15) is 4.79 Å². The van der Waals surface area contributed by atoms with Gasteiger partial charge in [-0.3, -0.25) is 4.79 Å². The lowest BCUT2D eigenvalue weighted by molar-refractivity contribution is -0.132. The highest BCUT2D eigenvalue weighted by molar-refractivity contribution is 5.87. The predicted octanol–water partition coefficient (Wildman–Crippen LogP) is 5.73. The molecule has 1 heteroatoms. The zero-order chi connectivity index (χ0) is 17.1. The average Bonchev–Trinajstić information content (AvgIpc) is 2.88. The van der Waals surface area contributed by atoms with Gasteiger partial charge in [0.15, 0.2) is 0 Å². The fourth-order valence-corrected chi connectivity index (χ4v) is 7.09. The number of Topliss-reactive ketones (excluding diaryl/α,β-unsaturated/α-hetero) is 1. The molecule has 3 saturated carbocycles. The van der Waals surface area contributed by atoms with Crippen LogP contribution in [0, 0.1) is 40.4 Å². The predicted molar refractivity (Wildman–Crippen MR) is 99.5 cm³/mol. The number of carbonyl (C=O) groups is 1. The first kappa shape index (κ1) is 16.4. The molecule has 1 nitrogen and oxygen atoms in total. The molecule has 0 amide bonds. The molecule has 0 heterocycles. The second-order valence-electron chi connectivity index (χ2n) is 9.38. The van der Waals surface area contributed by atoms with Crippen LogP contribution in [0.4, 0.5) is 0 Å². The second kappa shape index (κ2) is 5.44. The van der Waals surface area contributed by atoms with E-state index in [-0.39, 0.29) is 5.41 Å². The van der Waals surface area contributed by atoms with Gasteiger partial charge < -0.3 is 0 Å². The molecule has 3 fully saturated rings. The van der Waals surface area contributed by atoms with Crippen molar-refractivity contribution in [3.63, 3.8) is 0 Å². The Labute approximate surface area is 147 Å². The number of rotatable bonds is 2. The summed E-state index contributed by atoms with van der Waals surface area (Å²) in [6.07, 6.45) is 14.8. The summed E-state index contributed by atoms with van der Waals surface area (Å²) in [7, 11) is 0. The third-order valence-corrected chi connectivity index (χ3v) is 8.61. The molecule has 0 radical (unpaired) electrons. The zero-order valence-electron chi connectivity index (χ0n) is 15.4. The Morgan fingerprint density at radius 3 is 2.50 bits per heavy atom. The molecule has 130 valence electrons. The first-order valence-electron chi connectivity index (χ1n) is 9.92. The molecule has 0 saturated heterocycles. The Balaban J connectivity index is 1.69. The van der Waals surface area contributed by atoms with Crippen LogP contribution in [0.3, 0.4) is 0 Å². The molecule has 0 spiro atoms. The van der Waals surface area contributed by atoms with Crippen molar-refractivity contribution in [2.45, 2.75) is 58.8 Å². The van der Waals surface area contributed by atoms with Gasteiger partial charge in [-0.1, -0.05) is 37.6 Å². The van der Waals surface area contributed by atoms with E-state index in [1.165, 1.54) is 25.7 Å². The summed E-state index contributed by atoms with van der Waals surface area (Å²) in [5.41, 5.74) is 1.98. The van der Waals surface area contributed by atoms with E-state index in [0.29, 0.717) is 29.0 Å². The van der Waals surface area contributed by atoms with Gasteiger partial charge in [0.1, 0.15) is 5.78 Å². The topological polar surface area (TPSA) is 17.1 Å². The van der Waals surface area contributed by atoms with Crippen LogP contribution in [0.15, 0.2) is 37.0 Å². The van der Waals surface area contributed by atoms with Crippen molar-refractivity contribution in [3.8, 4) is 0 Å². The van der Waals surface area contributed by atoms with E-state index >= 15 is 0 Å². The summed E-state index contributed by atoms with van der Waals surface area (Å²) in [6, 6.07) is 0. The average molecular weight is 325 g/mol. The van der Waals surface area contributed by atoms with E-state index in [0.717, 1.165) is 31.1 Å². The van der Waals surface area contributed by atoms with Gasteiger partial charge in [-0.15, -0.1) is 13.2 Å². The van der Waals surface area contributed by atoms with Crippen molar-refractivity contribution in [1.82, 2.24) is 0 Å². The molecule has 0 N–H and O–H groups in total. The fourth-order valence-electron chi connectivity index (χ4n) is 7.09. The Morgan fingerprint density at radius 2 is 1.79 bits per heavy atom. The summed E-state index contributed by atoms with van der Waals surface area (Å²) in [4.78, 5) is 12.5. The number of fused-ring (bicyclic) bond motifs is 5. The molecule has 0 aromatic rings. The van der Waals surface area contributed by atoms with Gasteiger partial charge in [-0.25, -0.2) is 0 Å². The van der Waals surface area contributed by atoms with Crippen LogP contribution >= 0.6 is 0 Å². The van der Waals surface area contributed by atoms with Crippen molar-refractivity contribution in [3.05, 3.63) is 37.0 Å².